The number of nitrogens with zero attached hydrogens (tertiary/aromatic N) is 1. The van der Waals surface area contributed by atoms with Crippen molar-refractivity contribution in [3.8, 4) is 11.3 Å². The lowest BCUT2D eigenvalue weighted by Gasteiger charge is -2.04. The molecule has 0 fully saturated rings. The van der Waals surface area contributed by atoms with Crippen molar-refractivity contribution < 1.29 is 0 Å². The maximum atomic E-state index is 5.63. The molecule has 0 unspecified atom stereocenters. The first-order valence-electron chi connectivity index (χ1n) is 5.02. The van der Waals surface area contributed by atoms with E-state index in [4.69, 9.17) is 5.73 Å². The molecule has 15 heavy (non-hydrogen) atoms. The first kappa shape index (κ1) is 9.93. The predicted octanol–water partition coefficient (Wildman–Crippen LogP) is 2.15. The summed E-state index contributed by atoms with van der Waals surface area (Å²) >= 11 is 0. The Morgan fingerprint density at radius 2 is 2.07 bits per heavy atom. The molecule has 1 aromatic heterocycles. The molecule has 3 heteroatoms. The maximum absolute atomic E-state index is 5.63. The first-order chi connectivity index (χ1) is 7.22. The number of imidazole rings is 1. The summed E-state index contributed by atoms with van der Waals surface area (Å²) < 4.78 is 0. The summed E-state index contributed by atoms with van der Waals surface area (Å²) in [5, 5.41) is 0. The SMILES string of the molecule is Cc1ccc(-c2nc[nH]c2CN)cc1C. The first-order valence-corrected chi connectivity index (χ1v) is 5.02. The van der Waals surface area contributed by atoms with E-state index >= 15 is 0 Å². The van der Waals surface area contributed by atoms with Gasteiger partial charge in [-0.25, -0.2) is 4.98 Å². The molecular weight excluding hydrogens is 186 g/mol. The summed E-state index contributed by atoms with van der Waals surface area (Å²) in [6.07, 6.45) is 1.69. The normalized spacial score (nSPS) is 10.6. The van der Waals surface area contributed by atoms with E-state index in [0.29, 0.717) is 6.54 Å². The van der Waals surface area contributed by atoms with E-state index in [0.717, 1.165) is 17.0 Å². The molecule has 0 spiro atoms. The van der Waals surface area contributed by atoms with Gasteiger partial charge in [-0.2, -0.15) is 0 Å². The minimum absolute atomic E-state index is 0.488. The van der Waals surface area contributed by atoms with Gasteiger partial charge in [-0.05, 0) is 31.0 Å². The highest BCUT2D eigenvalue weighted by molar-refractivity contribution is 5.63. The van der Waals surface area contributed by atoms with E-state index in [9.17, 15) is 0 Å². The van der Waals surface area contributed by atoms with Gasteiger partial charge < -0.3 is 10.7 Å². The Hall–Kier alpha value is -1.61. The van der Waals surface area contributed by atoms with Crippen LogP contribution < -0.4 is 5.73 Å². The number of rotatable bonds is 2. The number of H-pyrrole nitrogens is 1. The van der Waals surface area contributed by atoms with Crippen molar-refractivity contribution in [2.24, 2.45) is 5.73 Å². The second-order valence-corrected chi connectivity index (χ2v) is 3.73. The van der Waals surface area contributed by atoms with Crippen LogP contribution in [-0.4, -0.2) is 9.97 Å². The molecular formula is C12H15N3. The molecule has 0 saturated carbocycles. The van der Waals surface area contributed by atoms with Gasteiger partial charge in [0.25, 0.3) is 0 Å². The fraction of sp³-hybridized carbons (Fsp3) is 0.250. The summed E-state index contributed by atoms with van der Waals surface area (Å²) in [5.41, 5.74) is 11.3. The Bertz CT molecular complexity index is 471. The minimum atomic E-state index is 0.488. The summed E-state index contributed by atoms with van der Waals surface area (Å²) in [5.74, 6) is 0. The zero-order valence-corrected chi connectivity index (χ0v) is 9.04. The van der Waals surface area contributed by atoms with Crippen LogP contribution in [0.4, 0.5) is 0 Å². The number of aromatic amines is 1. The van der Waals surface area contributed by atoms with Gasteiger partial charge >= 0.3 is 0 Å². The van der Waals surface area contributed by atoms with E-state index in [1.807, 2.05) is 0 Å². The van der Waals surface area contributed by atoms with Crippen LogP contribution in [0.5, 0.6) is 0 Å². The van der Waals surface area contributed by atoms with Crippen LogP contribution in [0.1, 0.15) is 16.8 Å². The van der Waals surface area contributed by atoms with E-state index in [2.05, 4.69) is 42.0 Å². The number of nitrogens with one attached hydrogen (secondary N) is 1. The van der Waals surface area contributed by atoms with Crippen molar-refractivity contribution in [1.82, 2.24) is 9.97 Å². The van der Waals surface area contributed by atoms with Gasteiger partial charge in [0.05, 0.1) is 17.7 Å². The van der Waals surface area contributed by atoms with Crippen molar-refractivity contribution in [2.75, 3.05) is 0 Å². The molecule has 0 bridgehead atoms. The number of benzene rings is 1. The molecule has 0 aliphatic heterocycles. The molecule has 3 nitrogen and oxygen atoms in total. The molecule has 1 heterocycles. The van der Waals surface area contributed by atoms with Crippen molar-refractivity contribution in [1.29, 1.82) is 0 Å². The van der Waals surface area contributed by atoms with Crippen LogP contribution in [0.15, 0.2) is 24.5 Å². The van der Waals surface area contributed by atoms with Crippen molar-refractivity contribution >= 4 is 0 Å². The minimum Gasteiger partial charge on any atom is -0.347 e. The van der Waals surface area contributed by atoms with Gasteiger partial charge in [0, 0.05) is 12.1 Å². The van der Waals surface area contributed by atoms with Gasteiger partial charge in [-0.1, -0.05) is 12.1 Å². The third kappa shape index (κ3) is 1.78. The molecule has 2 aromatic rings. The lowest BCUT2D eigenvalue weighted by Crippen LogP contribution is -1.98. The molecule has 78 valence electrons. The summed E-state index contributed by atoms with van der Waals surface area (Å²) in [4.78, 5) is 7.34. The highest BCUT2D eigenvalue weighted by atomic mass is 14.9. The molecule has 0 aliphatic carbocycles. The zero-order chi connectivity index (χ0) is 10.8. The van der Waals surface area contributed by atoms with Gasteiger partial charge in [0.15, 0.2) is 0 Å². The summed E-state index contributed by atoms with van der Waals surface area (Å²) in [6, 6.07) is 6.34. The molecule has 0 radical (unpaired) electrons. The van der Waals surface area contributed by atoms with E-state index in [-0.39, 0.29) is 0 Å². The maximum Gasteiger partial charge on any atom is 0.0929 e. The Morgan fingerprint density at radius 3 is 2.73 bits per heavy atom. The Labute approximate surface area is 89.4 Å². The van der Waals surface area contributed by atoms with E-state index in [1.54, 1.807) is 6.33 Å². The number of hydrogen-bond acceptors (Lipinski definition) is 2. The van der Waals surface area contributed by atoms with Crippen LogP contribution in [0, 0.1) is 13.8 Å². The second-order valence-electron chi connectivity index (χ2n) is 3.73. The van der Waals surface area contributed by atoms with E-state index in [1.165, 1.54) is 11.1 Å². The van der Waals surface area contributed by atoms with Crippen LogP contribution in [0.3, 0.4) is 0 Å². The van der Waals surface area contributed by atoms with Gasteiger partial charge in [-0.15, -0.1) is 0 Å². The lowest BCUT2D eigenvalue weighted by molar-refractivity contribution is 1.01. The molecule has 0 amide bonds. The van der Waals surface area contributed by atoms with Crippen LogP contribution in [-0.2, 0) is 6.54 Å². The predicted molar refractivity (Wildman–Crippen MR) is 61.4 cm³/mol. The smallest absolute Gasteiger partial charge is 0.0929 e. The molecule has 1 aromatic carbocycles. The average Bonchev–Trinajstić information content (AvgIpc) is 2.70. The monoisotopic (exact) mass is 201 g/mol. The molecule has 0 aliphatic rings. The number of hydrogen-bond donors (Lipinski definition) is 2. The molecule has 0 saturated heterocycles. The molecule has 3 N–H and O–H groups in total. The second kappa shape index (κ2) is 3.87. The molecule has 0 atom stereocenters. The van der Waals surface area contributed by atoms with Crippen molar-refractivity contribution in [3.63, 3.8) is 0 Å². The number of nitrogens with two attached hydrogens (primary N) is 1. The Kier molecular flexibility index (Phi) is 2.56. The van der Waals surface area contributed by atoms with Crippen molar-refractivity contribution in [2.45, 2.75) is 20.4 Å². The van der Waals surface area contributed by atoms with Crippen LogP contribution >= 0.6 is 0 Å². The van der Waals surface area contributed by atoms with E-state index < -0.39 is 0 Å². The Morgan fingerprint density at radius 1 is 1.27 bits per heavy atom. The van der Waals surface area contributed by atoms with Crippen molar-refractivity contribution in [3.05, 3.63) is 41.3 Å². The average molecular weight is 201 g/mol. The topological polar surface area (TPSA) is 54.7 Å². The fourth-order valence-electron chi connectivity index (χ4n) is 1.61. The van der Waals surface area contributed by atoms with Gasteiger partial charge in [-0.3, -0.25) is 0 Å². The lowest BCUT2D eigenvalue weighted by atomic mass is 10.0. The Balaban J connectivity index is 2.50. The number of aromatic nitrogens is 2. The number of aryl methyl sites for hydroxylation is 2. The zero-order valence-electron chi connectivity index (χ0n) is 9.04. The highest BCUT2D eigenvalue weighted by Gasteiger charge is 2.07. The quantitative estimate of drug-likeness (QED) is 0.782. The summed E-state index contributed by atoms with van der Waals surface area (Å²) in [7, 11) is 0. The van der Waals surface area contributed by atoms with Crippen LogP contribution in [0.2, 0.25) is 0 Å². The fourth-order valence-corrected chi connectivity index (χ4v) is 1.61. The molecule has 2 rings (SSSR count). The van der Waals surface area contributed by atoms with Gasteiger partial charge in [0.2, 0.25) is 0 Å². The van der Waals surface area contributed by atoms with Crippen LogP contribution in [0.25, 0.3) is 11.3 Å². The summed E-state index contributed by atoms with van der Waals surface area (Å²) in [6.45, 7) is 4.70. The third-order valence-corrected chi connectivity index (χ3v) is 2.70. The largest absolute Gasteiger partial charge is 0.347 e. The highest BCUT2D eigenvalue weighted by Crippen LogP contribution is 2.22. The van der Waals surface area contributed by atoms with Gasteiger partial charge in [0.1, 0.15) is 0 Å². The third-order valence-electron chi connectivity index (χ3n) is 2.70. The standard InChI is InChI=1S/C12H15N3/c1-8-3-4-10(5-9(8)2)12-11(6-13)14-7-15-12/h3-5,7H,6,13H2,1-2H3,(H,14,15).